The maximum absolute atomic E-state index is 13.1. The lowest BCUT2D eigenvalue weighted by Gasteiger charge is -2.16. The number of hydrogen-bond donors (Lipinski definition) is 1. The molecule has 0 aliphatic heterocycles. The van der Waals surface area contributed by atoms with Crippen molar-refractivity contribution in [2.45, 2.75) is 24.8 Å². The topological polar surface area (TPSA) is 78.0 Å². The van der Waals surface area contributed by atoms with Crippen molar-refractivity contribution in [2.75, 3.05) is 0 Å². The second kappa shape index (κ2) is 6.40. The second-order valence-corrected chi connectivity index (χ2v) is 7.83. The molecule has 1 aromatic carbocycles. The molecule has 138 valence electrons. The third kappa shape index (κ3) is 3.73. The molecule has 9 heteroatoms. The minimum absolute atomic E-state index is 0.0687. The van der Waals surface area contributed by atoms with Gasteiger partial charge in [0.1, 0.15) is 0 Å². The summed E-state index contributed by atoms with van der Waals surface area (Å²) < 4.78 is 63.4. The monoisotopic (exact) mass is 383 g/mol. The number of nitrogens with zero attached hydrogens (tertiary/aromatic N) is 2. The molecular weight excluding hydrogens is 367 g/mol. The average molecular weight is 383 g/mol. The Labute approximate surface area is 148 Å². The normalized spacial score (nSPS) is 18.0. The van der Waals surface area contributed by atoms with Gasteiger partial charge < -0.3 is 0 Å². The highest BCUT2D eigenvalue weighted by atomic mass is 32.2. The largest absolute Gasteiger partial charge is 0.435 e. The van der Waals surface area contributed by atoms with E-state index in [-0.39, 0.29) is 12.1 Å². The van der Waals surface area contributed by atoms with E-state index in [1.54, 1.807) is 24.3 Å². The molecule has 2 N–H and O–H groups in total. The van der Waals surface area contributed by atoms with Crippen molar-refractivity contribution in [1.29, 1.82) is 0 Å². The van der Waals surface area contributed by atoms with Crippen molar-refractivity contribution in [3.05, 3.63) is 59.8 Å². The van der Waals surface area contributed by atoms with Crippen LogP contribution in [0.3, 0.4) is 0 Å². The Kier molecular flexibility index (Phi) is 4.53. The average Bonchev–Trinajstić information content (AvgIpc) is 3.00. The van der Waals surface area contributed by atoms with Gasteiger partial charge in [-0.2, -0.15) is 18.3 Å². The lowest BCUT2D eigenvalue weighted by molar-refractivity contribution is -0.141. The molecule has 2 aromatic rings. The van der Waals surface area contributed by atoms with Crippen LogP contribution in [0.4, 0.5) is 13.2 Å². The van der Waals surface area contributed by atoms with E-state index in [0.29, 0.717) is 11.3 Å². The van der Waals surface area contributed by atoms with Gasteiger partial charge in [0.05, 0.1) is 16.6 Å². The van der Waals surface area contributed by atoms with Crippen LogP contribution < -0.4 is 5.14 Å². The fraction of sp³-hybridized carbons (Fsp3) is 0.235. The molecule has 1 aliphatic carbocycles. The molecule has 0 bridgehead atoms. The van der Waals surface area contributed by atoms with E-state index in [1.165, 1.54) is 22.9 Å². The Hall–Kier alpha value is -2.39. The van der Waals surface area contributed by atoms with Crippen molar-refractivity contribution < 1.29 is 21.6 Å². The van der Waals surface area contributed by atoms with Crippen LogP contribution in [0, 0.1) is 6.92 Å². The minimum atomic E-state index is -4.59. The zero-order valence-corrected chi connectivity index (χ0v) is 14.6. The lowest BCUT2D eigenvalue weighted by Crippen LogP contribution is -2.27. The van der Waals surface area contributed by atoms with E-state index < -0.39 is 27.1 Å². The molecule has 0 amide bonds. The van der Waals surface area contributed by atoms with Crippen LogP contribution in [0.25, 0.3) is 17.0 Å². The van der Waals surface area contributed by atoms with E-state index in [1.807, 2.05) is 6.92 Å². The molecule has 5 nitrogen and oxygen atoms in total. The van der Waals surface area contributed by atoms with Gasteiger partial charge in [-0.3, -0.25) is 0 Å². The van der Waals surface area contributed by atoms with Gasteiger partial charge in [-0.05, 0) is 25.5 Å². The standard InChI is InChI=1S/C17H16F3N3O2S/c1-11-2-4-12(5-3-11)15-10-16(17(18,19)20)22-23(15)13-6-8-14(9-7-13)26(21,24)25/h2-8,10,14H,9H2,1H3,(H2,21,24,25). The molecule has 0 spiro atoms. The summed E-state index contributed by atoms with van der Waals surface area (Å²) in [7, 11) is -3.76. The van der Waals surface area contributed by atoms with Crippen LogP contribution in [0.15, 0.2) is 48.6 Å². The highest BCUT2D eigenvalue weighted by Gasteiger charge is 2.35. The van der Waals surface area contributed by atoms with Gasteiger partial charge in [0, 0.05) is 5.56 Å². The van der Waals surface area contributed by atoms with Crippen molar-refractivity contribution >= 4 is 15.7 Å². The molecule has 1 aromatic heterocycles. The molecule has 26 heavy (non-hydrogen) atoms. The first-order valence-corrected chi connectivity index (χ1v) is 9.31. The predicted molar refractivity (Wildman–Crippen MR) is 92.3 cm³/mol. The maximum atomic E-state index is 13.1. The van der Waals surface area contributed by atoms with Crippen molar-refractivity contribution in [1.82, 2.24) is 9.78 Å². The number of sulfonamides is 1. The summed E-state index contributed by atoms with van der Waals surface area (Å²) in [4.78, 5) is 0. The van der Waals surface area contributed by atoms with Gasteiger partial charge in [-0.25, -0.2) is 18.2 Å². The summed E-state index contributed by atoms with van der Waals surface area (Å²) in [6, 6.07) is 7.99. The molecule has 0 radical (unpaired) electrons. The summed E-state index contributed by atoms with van der Waals surface area (Å²) in [6.07, 6.45) is -0.228. The molecule has 1 heterocycles. The van der Waals surface area contributed by atoms with Crippen LogP contribution in [-0.2, 0) is 16.2 Å². The summed E-state index contributed by atoms with van der Waals surface area (Å²) in [5.74, 6) is 0. The number of halogens is 3. The van der Waals surface area contributed by atoms with Crippen LogP contribution in [0.2, 0.25) is 0 Å². The fourth-order valence-electron chi connectivity index (χ4n) is 2.64. The second-order valence-electron chi connectivity index (χ2n) is 6.04. The molecular formula is C17H16F3N3O2S. The number of rotatable bonds is 3. The Morgan fingerprint density at radius 3 is 2.38 bits per heavy atom. The van der Waals surface area contributed by atoms with Gasteiger partial charge in [-0.1, -0.05) is 42.0 Å². The third-order valence-electron chi connectivity index (χ3n) is 4.05. The first kappa shape index (κ1) is 18.4. The first-order chi connectivity index (χ1) is 12.1. The zero-order valence-electron chi connectivity index (χ0n) is 13.7. The number of aryl methyl sites for hydroxylation is 1. The number of primary sulfonamides is 1. The molecule has 0 saturated heterocycles. The number of nitrogens with two attached hydrogens (primary N) is 1. The maximum Gasteiger partial charge on any atom is 0.435 e. The lowest BCUT2D eigenvalue weighted by atomic mass is 10.1. The van der Waals surface area contributed by atoms with E-state index in [9.17, 15) is 21.6 Å². The minimum Gasteiger partial charge on any atom is -0.233 e. The Bertz CT molecular complexity index is 987. The molecule has 3 rings (SSSR count). The summed E-state index contributed by atoms with van der Waals surface area (Å²) in [5, 5.41) is 7.90. The van der Waals surface area contributed by atoms with Crippen LogP contribution in [-0.4, -0.2) is 23.4 Å². The number of allylic oxidation sites excluding steroid dienone is 3. The molecule has 1 unspecified atom stereocenters. The van der Waals surface area contributed by atoms with Crippen molar-refractivity contribution in [3.8, 4) is 11.3 Å². The van der Waals surface area contributed by atoms with Crippen LogP contribution in [0.1, 0.15) is 17.7 Å². The number of alkyl halides is 3. The number of benzene rings is 1. The van der Waals surface area contributed by atoms with Gasteiger partial charge in [-0.15, -0.1) is 0 Å². The Balaban J connectivity index is 2.07. The summed E-state index contributed by atoms with van der Waals surface area (Å²) in [6.45, 7) is 1.88. The van der Waals surface area contributed by atoms with Gasteiger partial charge in [0.15, 0.2) is 5.69 Å². The van der Waals surface area contributed by atoms with Crippen LogP contribution >= 0.6 is 0 Å². The Morgan fingerprint density at radius 2 is 1.88 bits per heavy atom. The van der Waals surface area contributed by atoms with E-state index >= 15 is 0 Å². The first-order valence-electron chi connectivity index (χ1n) is 7.70. The van der Waals surface area contributed by atoms with Gasteiger partial charge in [0.2, 0.25) is 10.0 Å². The Morgan fingerprint density at radius 1 is 1.23 bits per heavy atom. The number of hydrogen-bond acceptors (Lipinski definition) is 3. The van der Waals surface area contributed by atoms with E-state index in [4.69, 9.17) is 5.14 Å². The van der Waals surface area contributed by atoms with Gasteiger partial charge in [0.25, 0.3) is 0 Å². The zero-order chi connectivity index (χ0) is 19.1. The fourth-order valence-corrected chi connectivity index (χ4v) is 3.30. The SMILES string of the molecule is Cc1ccc(-c2cc(C(F)(F)F)nn2C2=CCC(S(N)(=O)=O)C=C2)cc1. The third-order valence-corrected chi connectivity index (χ3v) is 5.25. The van der Waals surface area contributed by atoms with E-state index in [2.05, 4.69) is 5.10 Å². The summed E-state index contributed by atoms with van der Waals surface area (Å²) >= 11 is 0. The van der Waals surface area contributed by atoms with Crippen molar-refractivity contribution in [2.24, 2.45) is 5.14 Å². The smallest absolute Gasteiger partial charge is 0.233 e. The van der Waals surface area contributed by atoms with Crippen molar-refractivity contribution in [3.63, 3.8) is 0 Å². The highest BCUT2D eigenvalue weighted by molar-refractivity contribution is 7.89. The highest BCUT2D eigenvalue weighted by Crippen LogP contribution is 2.34. The van der Waals surface area contributed by atoms with E-state index in [0.717, 1.165) is 11.6 Å². The summed E-state index contributed by atoms with van der Waals surface area (Å²) in [5.41, 5.74) is 1.15. The van der Waals surface area contributed by atoms with Gasteiger partial charge >= 0.3 is 6.18 Å². The molecule has 0 saturated carbocycles. The molecule has 1 aliphatic rings. The quantitative estimate of drug-likeness (QED) is 0.883. The predicted octanol–water partition coefficient (Wildman–Crippen LogP) is 3.34. The number of aromatic nitrogens is 2. The molecule has 0 fully saturated rings. The van der Waals surface area contributed by atoms with Crippen LogP contribution in [0.5, 0.6) is 0 Å². The molecule has 1 atom stereocenters.